The highest BCUT2D eigenvalue weighted by atomic mass is 35.5. The quantitative estimate of drug-likeness (QED) is 0.395. The Balaban J connectivity index is 1.92. The molecule has 2 aromatic rings. The Morgan fingerprint density at radius 3 is 2.52 bits per heavy atom. The van der Waals surface area contributed by atoms with Gasteiger partial charge in [0.15, 0.2) is 11.5 Å². The van der Waals surface area contributed by atoms with E-state index in [1.54, 1.807) is 20.3 Å². The van der Waals surface area contributed by atoms with Crippen molar-refractivity contribution in [1.29, 1.82) is 0 Å². The van der Waals surface area contributed by atoms with Crippen LogP contribution in [0, 0.1) is 0 Å². The molecular weight excluding hydrogens is 448 g/mol. The fourth-order valence-electron chi connectivity index (χ4n) is 3.31. The molecule has 1 aromatic heterocycles. The van der Waals surface area contributed by atoms with E-state index in [0.717, 1.165) is 37.9 Å². The molecular formula is C23H33ClN4O5. The van der Waals surface area contributed by atoms with Crippen molar-refractivity contribution in [2.24, 2.45) is 0 Å². The number of H-pyrrole nitrogens is 1. The number of hydrogen-bond acceptors (Lipinski definition) is 7. The van der Waals surface area contributed by atoms with Gasteiger partial charge in [-0.3, -0.25) is 9.59 Å². The average molecular weight is 481 g/mol. The minimum absolute atomic E-state index is 0.0229. The molecule has 10 heteroatoms. The minimum atomic E-state index is -0.506. The topological polar surface area (TPSA) is 106 Å². The number of nitrogens with zero attached hydrogens (tertiary/aromatic N) is 2. The van der Waals surface area contributed by atoms with Gasteiger partial charge in [0.1, 0.15) is 10.7 Å². The second kappa shape index (κ2) is 13.6. The SMILES string of the molecule is CCN(CC)C(=O)CCCCCOc1n[nH]c(=O)c(Cl)c1NCc1ccc(OC)c(OC)c1. The lowest BCUT2D eigenvalue weighted by atomic mass is 10.2. The molecule has 1 heterocycles. The number of anilines is 1. The van der Waals surface area contributed by atoms with Crippen LogP contribution in [0.3, 0.4) is 0 Å². The first-order valence-corrected chi connectivity index (χ1v) is 11.5. The van der Waals surface area contributed by atoms with Crippen LogP contribution in [-0.2, 0) is 11.3 Å². The number of ether oxygens (including phenoxy) is 3. The fraction of sp³-hybridized carbons (Fsp3) is 0.522. The zero-order chi connectivity index (χ0) is 24.2. The van der Waals surface area contributed by atoms with Gasteiger partial charge in [-0.1, -0.05) is 17.7 Å². The van der Waals surface area contributed by atoms with E-state index in [0.29, 0.717) is 36.8 Å². The third-order valence-corrected chi connectivity index (χ3v) is 5.56. The molecule has 2 rings (SSSR count). The Labute approximate surface area is 199 Å². The fourth-order valence-corrected chi connectivity index (χ4v) is 3.50. The van der Waals surface area contributed by atoms with Gasteiger partial charge in [-0.2, -0.15) is 0 Å². The number of halogens is 1. The highest BCUT2D eigenvalue weighted by Crippen LogP contribution is 2.30. The lowest BCUT2D eigenvalue weighted by Crippen LogP contribution is -2.30. The highest BCUT2D eigenvalue weighted by molar-refractivity contribution is 6.33. The van der Waals surface area contributed by atoms with Gasteiger partial charge in [-0.15, -0.1) is 5.10 Å². The zero-order valence-electron chi connectivity index (χ0n) is 19.7. The van der Waals surface area contributed by atoms with Gasteiger partial charge in [0, 0.05) is 26.1 Å². The van der Waals surface area contributed by atoms with Crippen molar-refractivity contribution in [3.8, 4) is 17.4 Å². The molecule has 0 unspecified atom stereocenters. The molecule has 0 radical (unpaired) electrons. The van der Waals surface area contributed by atoms with Crippen LogP contribution in [-0.4, -0.2) is 54.9 Å². The Morgan fingerprint density at radius 1 is 1.12 bits per heavy atom. The Morgan fingerprint density at radius 2 is 1.85 bits per heavy atom. The number of carbonyl (C=O) groups is 1. The standard InChI is InChI=1S/C23H33ClN4O5/c1-5-28(6-2)19(29)10-8-7-9-13-33-23-21(20(24)22(30)26-27-23)25-15-16-11-12-17(31-3)18(14-16)32-4/h11-12,14H,5-10,13,15H2,1-4H3,(H2,25,26,30). The normalized spacial score (nSPS) is 10.6. The summed E-state index contributed by atoms with van der Waals surface area (Å²) < 4.78 is 16.4. The van der Waals surface area contributed by atoms with Gasteiger partial charge < -0.3 is 24.4 Å². The molecule has 9 nitrogen and oxygen atoms in total. The van der Waals surface area contributed by atoms with Gasteiger partial charge >= 0.3 is 0 Å². The van der Waals surface area contributed by atoms with Crippen LogP contribution in [0.4, 0.5) is 5.69 Å². The first-order chi connectivity index (χ1) is 15.9. The smallest absolute Gasteiger partial charge is 0.285 e. The number of methoxy groups -OCH3 is 2. The van der Waals surface area contributed by atoms with Crippen LogP contribution in [0.2, 0.25) is 5.02 Å². The van der Waals surface area contributed by atoms with Crippen LogP contribution in [0.25, 0.3) is 0 Å². The lowest BCUT2D eigenvalue weighted by Gasteiger charge is -2.18. The summed E-state index contributed by atoms with van der Waals surface area (Å²) in [4.78, 5) is 25.8. The number of benzene rings is 1. The van der Waals surface area contributed by atoms with E-state index in [1.165, 1.54) is 0 Å². The minimum Gasteiger partial charge on any atom is -0.493 e. The molecule has 0 aliphatic heterocycles. The summed E-state index contributed by atoms with van der Waals surface area (Å²) >= 11 is 6.21. The van der Waals surface area contributed by atoms with Gasteiger partial charge in [0.2, 0.25) is 5.91 Å². The van der Waals surface area contributed by atoms with Crippen molar-refractivity contribution < 1.29 is 19.0 Å². The van der Waals surface area contributed by atoms with Crippen LogP contribution >= 0.6 is 11.6 Å². The van der Waals surface area contributed by atoms with Gasteiger partial charge in [-0.05, 0) is 50.8 Å². The molecule has 0 bridgehead atoms. The van der Waals surface area contributed by atoms with Crippen molar-refractivity contribution in [2.75, 3.05) is 39.2 Å². The van der Waals surface area contributed by atoms with Crippen molar-refractivity contribution in [3.63, 3.8) is 0 Å². The highest BCUT2D eigenvalue weighted by Gasteiger charge is 2.15. The van der Waals surface area contributed by atoms with Crippen molar-refractivity contribution in [1.82, 2.24) is 15.1 Å². The number of nitrogens with one attached hydrogen (secondary N) is 2. The van der Waals surface area contributed by atoms with Gasteiger partial charge in [0.05, 0.1) is 20.8 Å². The summed E-state index contributed by atoms with van der Waals surface area (Å²) in [6.45, 7) is 6.18. The summed E-state index contributed by atoms with van der Waals surface area (Å²) in [5.74, 6) is 1.62. The van der Waals surface area contributed by atoms with E-state index in [-0.39, 0.29) is 16.8 Å². The second-order valence-electron chi connectivity index (χ2n) is 7.31. The maximum atomic E-state index is 12.1. The monoisotopic (exact) mass is 480 g/mol. The van der Waals surface area contributed by atoms with E-state index < -0.39 is 5.56 Å². The largest absolute Gasteiger partial charge is 0.493 e. The molecule has 0 fully saturated rings. The van der Waals surface area contributed by atoms with E-state index in [2.05, 4.69) is 15.5 Å². The molecule has 0 saturated heterocycles. The van der Waals surface area contributed by atoms with Crippen LogP contribution in [0.1, 0.15) is 45.1 Å². The molecule has 0 saturated carbocycles. The number of amides is 1. The van der Waals surface area contributed by atoms with E-state index >= 15 is 0 Å². The third-order valence-electron chi connectivity index (χ3n) is 5.20. The molecule has 182 valence electrons. The number of aromatic nitrogens is 2. The summed E-state index contributed by atoms with van der Waals surface area (Å²) in [5, 5.41) is 9.45. The van der Waals surface area contributed by atoms with Gasteiger partial charge in [0.25, 0.3) is 11.4 Å². The van der Waals surface area contributed by atoms with E-state index in [9.17, 15) is 9.59 Å². The molecule has 33 heavy (non-hydrogen) atoms. The summed E-state index contributed by atoms with van der Waals surface area (Å²) in [6.07, 6.45) is 2.92. The Hall–Kier alpha value is -2.94. The van der Waals surface area contributed by atoms with Gasteiger partial charge in [-0.25, -0.2) is 5.10 Å². The Bertz CT molecular complexity index is 962. The molecule has 0 aliphatic rings. The maximum absolute atomic E-state index is 12.1. The van der Waals surface area contributed by atoms with Crippen molar-refractivity contribution in [2.45, 2.75) is 46.1 Å². The molecule has 0 atom stereocenters. The summed E-state index contributed by atoms with van der Waals surface area (Å²) in [7, 11) is 3.14. The van der Waals surface area contributed by atoms with Crippen LogP contribution in [0.15, 0.2) is 23.0 Å². The number of aromatic amines is 1. The van der Waals surface area contributed by atoms with E-state index in [1.807, 2.05) is 30.9 Å². The predicted octanol–water partition coefficient (Wildman–Crippen LogP) is 3.86. The molecule has 0 aliphatic carbocycles. The predicted molar refractivity (Wildman–Crippen MR) is 129 cm³/mol. The number of rotatable bonds is 14. The summed E-state index contributed by atoms with van der Waals surface area (Å²) in [6, 6.07) is 5.51. The van der Waals surface area contributed by atoms with Crippen molar-refractivity contribution >= 4 is 23.2 Å². The number of hydrogen-bond donors (Lipinski definition) is 2. The molecule has 2 N–H and O–H groups in total. The van der Waals surface area contributed by atoms with Crippen LogP contribution in [0.5, 0.6) is 17.4 Å². The Kier molecular flexibility index (Phi) is 10.8. The first-order valence-electron chi connectivity index (χ1n) is 11.1. The number of carbonyl (C=O) groups excluding carboxylic acids is 1. The van der Waals surface area contributed by atoms with E-state index in [4.69, 9.17) is 25.8 Å². The lowest BCUT2D eigenvalue weighted by molar-refractivity contribution is -0.130. The molecule has 1 aromatic carbocycles. The first kappa shape index (κ1) is 26.3. The molecule has 1 amide bonds. The molecule has 0 spiro atoms. The second-order valence-corrected chi connectivity index (χ2v) is 7.69. The average Bonchev–Trinajstić information content (AvgIpc) is 2.83. The summed E-state index contributed by atoms with van der Waals surface area (Å²) in [5.41, 5.74) is 0.716. The van der Waals surface area contributed by atoms with Crippen LogP contribution < -0.4 is 25.1 Å². The number of unbranched alkanes of at least 4 members (excludes halogenated alkanes) is 2. The van der Waals surface area contributed by atoms with Crippen molar-refractivity contribution in [3.05, 3.63) is 39.1 Å². The third kappa shape index (κ3) is 7.56. The maximum Gasteiger partial charge on any atom is 0.285 e. The zero-order valence-corrected chi connectivity index (χ0v) is 20.5.